The third-order valence-corrected chi connectivity index (χ3v) is 4.02. The number of nitrogens with zero attached hydrogens (tertiary/aromatic N) is 3. The maximum atomic E-state index is 12.2. The molecule has 0 aliphatic carbocycles. The van der Waals surface area contributed by atoms with E-state index in [-0.39, 0.29) is 5.91 Å². The Bertz CT molecular complexity index is 832. The number of rotatable bonds is 5. The van der Waals surface area contributed by atoms with Gasteiger partial charge in [-0.2, -0.15) is 5.10 Å². The van der Waals surface area contributed by atoms with E-state index in [0.717, 1.165) is 11.1 Å². The van der Waals surface area contributed by atoms with Gasteiger partial charge >= 0.3 is 0 Å². The first-order valence-electron chi connectivity index (χ1n) is 7.25. The van der Waals surface area contributed by atoms with Crippen LogP contribution in [0, 0.1) is 0 Å². The van der Waals surface area contributed by atoms with Crippen molar-refractivity contribution in [1.29, 1.82) is 0 Å². The van der Waals surface area contributed by atoms with E-state index in [9.17, 15) is 4.79 Å². The monoisotopic (exact) mass is 360 g/mol. The molecular formula is C17H14Cl2N4O. The molecule has 3 aromatic rings. The van der Waals surface area contributed by atoms with Gasteiger partial charge in [-0.15, -0.1) is 0 Å². The average molecular weight is 361 g/mol. The van der Waals surface area contributed by atoms with Crippen LogP contribution in [0.1, 0.15) is 21.5 Å². The first-order valence-corrected chi connectivity index (χ1v) is 8.01. The molecule has 0 aliphatic rings. The number of hydrogen-bond acceptors (Lipinski definition) is 3. The Morgan fingerprint density at radius 2 is 1.83 bits per heavy atom. The summed E-state index contributed by atoms with van der Waals surface area (Å²) in [5.74, 6) is -0.255. The van der Waals surface area contributed by atoms with Crippen molar-refractivity contribution in [2.45, 2.75) is 13.1 Å². The molecule has 0 atom stereocenters. The summed E-state index contributed by atoms with van der Waals surface area (Å²) in [6.45, 7) is 1.07. The van der Waals surface area contributed by atoms with Crippen LogP contribution in [0.25, 0.3) is 0 Å². The normalized spacial score (nSPS) is 10.6. The van der Waals surface area contributed by atoms with Gasteiger partial charge in [-0.25, -0.2) is 9.67 Å². The van der Waals surface area contributed by atoms with E-state index < -0.39 is 0 Å². The fourth-order valence-electron chi connectivity index (χ4n) is 2.21. The number of hydrogen-bond donors (Lipinski definition) is 1. The molecule has 1 N–H and O–H groups in total. The molecule has 122 valence electrons. The Morgan fingerprint density at radius 3 is 2.54 bits per heavy atom. The average Bonchev–Trinajstić information content (AvgIpc) is 3.09. The van der Waals surface area contributed by atoms with Crippen molar-refractivity contribution in [3.8, 4) is 0 Å². The van der Waals surface area contributed by atoms with Crippen molar-refractivity contribution in [3.05, 3.63) is 81.9 Å². The zero-order valence-electron chi connectivity index (χ0n) is 12.6. The smallest absolute Gasteiger partial charge is 0.253 e. The summed E-state index contributed by atoms with van der Waals surface area (Å²) in [7, 11) is 0. The molecule has 1 aromatic heterocycles. The van der Waals surface area contributed by atoms with E-state index in [1.165, 1.54) is 6.33 Å². The first kappa shape index (κ1) is 16.5. The second-order valence-corrected chi connectivity index (χ2v) is 6.06. The number of nitrogens with one attached hydrogen (secondary N) is 1. The summed E-state index contributed by atoms with van der Waals surface area (Å²) >= 11 is 11.9. The Morgan fingerprint density at radius 1 is 1.08 bits per heavy atom. The minimum absolute atomic E-state index is 0.255. The van der Waals surface area contributed by atoms with Gasteiger partial charge in [-0.05, 0) is 29.3 Å². The molecule has 0 saturated carbocycles. The third-order valence-electron chi connectivity index (χ3n) is 3.46. The highest BCUT2D eigenvalue weighted by molar-refractivity contribution is 6.35. The molecule has 0 saturated heterocycles. The van der Waals surface area contributed by atoms with Crippen LogP contribution in [0.4, 0.5) is 0 Å². The molecule has 1 amide bonds. The predicted octanol–water partition coefficient (Wildman–Crippen LogP) is 3.56. The molecule has 0 fully saturated rings. The van der Waals surface area contributed by atoms with Crippen LogP contribution in [-0.4, -0.2) is 20.7 Å². The molecule has 0 radical (unpaired) electrons. The van der Waals surface area contributed by atoms with Gasteiger partial charge in [0, 0.05) is 11.6 Å². The minimum Gasteiger partial charge on any atom is -0.348 e. The van der Waals surface area contributed by atoms with Crippen molar-refractivity contribution in [2.75, 3.05) is 0 Å². The van der Waals surface area contributed by atoms with E-state index in [1.54, 1.807) is 29.2 Å². The van der Waals surface area contributed by atoms with Crippen LogP contribution >= 0.6 is 23.2 Å². The van der Waals surface area contributed by atoms with Gasteiger partial charge in [0.15, 0.2) is 0 Å². The molecule has 0 unspecified atom stereocenters. The summed E-state index contributed by atoms with van der Waals surface area (Å²) in [5.41, 5.74) is 2.46. The number of carbonyl (C=O) groups excluding carboxylic acids is 1. The standard InChI is InChI=1S/C17H14Cl2N4O/c18-14-5-6-16(19)15(7-14)17(24)21-8-12-1-3-13(4-2-12)9-23-11-20-10-22-23/h1-7,10-11H,8-9H2,(H,21,24). The zero-order valence-corrected chi connectivity index (χ0v) is 14.1. The minimum atomic E-state index is -0.255. The van der Waals surface area contributed by atoms with Gasteiger partial charge in [-0.3, -0.25) is 4.79 Å². The highest BCUT2D eigenvalue weighted by atomic mass is 35.5. The molecule has 24 heavy (non-hydrogen) atoms. The fraction of sp³-hybridized carbons (Fsp3) is 0.118. The molecule has 3 rings (SSSR count). The SMILES string of the molecule is O=C(NCc1ccc(Cn2cncn2)cc1)c1cc(Cl)ccc1Cl. The van der Waals surface area contributed by atoms with Crippen LogP contribution in [0.15, 0.2) is 55.1 Å². The summed E-state index contributed by atoms with van der Waals surface area (Å²) < 4.78 is 1.75. The lowest BCUT2D eigenvalue weighted by Crippen LogP contribution is -2.23. The second kappa shape index (κ2) is 7.47. The van der Waals surface area contributed by atoms with Gasteiger partial charge in [0.2, 0.25) is 0 Å². The Labute approximate surface area is 149 Å². The number of amides is 1. The van der Waals surface area contributed by atoms with E-state index in [1.807, 2.05) is 24.3 Å². The summed E-state index contributed by atoms with van der Waals surface area (Å²) in [6.07, 6.45) is 3.17. The molecule has 0 aliphatic heterocycles. The van der Waals surface area contributed by atoms with Crippen molar-refractivity contribution >= 4 is 29.1 Å². The maximum Gasteiger partial charge on any atom is 0.253 e. The molecular weight excluding hydrogens is 347 g/mol. The lowest BCUT2D eigenvalue weighted by atomic mass is 10.1. The predicted molar refractivity (Wildman–Crippen MR) is 93.2 cm³/mol. The van der Waals surface area contributed by atoms with Gasteiger partial charge < -0.3 is 5.32 Å². The topological polar surface area (TPSA) is 59.8 Å². The van der Waals surface area contributed by atoms with Crippen molar-refractivity contribution in [1.82, 2.24) is 20.1 Å². The van der Waals surface area contributed by atoms with Gasteiger partial charge in [0.05, 0.1) is 17.1 Å². The molecule has 0 spiro atoms. The Hall–Kier alpha value is -2.37. The molecule has 2 aromatic carbocycles. The highest BCUT2D eigenvalue weighted by Gasteiger charge is 2.10. The second-order valence-electron chi connectivity index (χ2n) is 5.22. The largest absolute Gasteiger partial charge is 0.348 e. The molecule has 5 nitrogen and oxygen atoms in total. The fourth-order valence-corrected chi connectivity index (χ4v) is 2.59. The van der Waals surface area contributed by atoms with Crippen LogP contribution in [0.3, 0.4) is 0 Å². The number of carbonyl (C=O) groups is 1. The van der Waals surface area contributed by atoms with Crippen molar-refractivity contribution in [2.24, 2.45) is 0 Å². The summed E-state index contributed by atoms with van der Waals surface area (Å²) in [6, 6.07) is 12.7. The Balaban J connectivity index is 1.60. The molecule has 7 heteroatoms. The van der Waals surface area contributed by atoms with E-state index in [2.05, 4.69) is 15.4 Å². The quantitative estimate of drug-likeness (QED) is 0.756. The Kier molecular flexibility index (Phi) is 5.13. The number of aromatic nitrogens is 3. The highest BCUT2D eigenvalue weighted by Crippen LogP contribution is 2.20. The zero-order chi connectivity index (χ0) is 16.9. The van der Waals surface area contributed by atoms with E-state index in [4.69, 9.17) is 23.2 Å². The summed E-state index contributed by atoms with van der Waals surface area (Å²) in [5, 5.41) is 7.76. The number of benzene rings is 2. The van der Waals surface area contributed by atoms with Crippen LogP contribution < -0.4 is 5.32 Å². The van der Waals surface area contributed by atoms with Crippen LogP contribution in [0.5, 0.6) is 0 Å². The molecule has 1 heterocycles. The van der Waals surface area contributed by atoms with Crippen molar-refractivity contribution < 1.29 is 4.79 Å². The van der Waals surface area contributed by atoms with Crippen LogP contribution in [-0.2, 0) is 13.1 Å². The molecule has 0 bridgehead atoms. The number of halogens is 2. The third kappa shape index (κ3) is 4.13. The lowest BCUT2D eigenvalue weighted by Gasteiger charge is -2.08. The van der Waals surface area contributed by atoms with Gasteiger partial charge in [0.25, 0.3) is 5.91 Å². The van der Waals surface area contributed by atoms with E-state index in [0.29, 0.717) is 28.7 Å². The summed E-state index contributed by atoms with van der Waals surface area (Å²) in [4.78, 5) is 16.1. The van der Waals surface area contributed by atoms with Gasteiger partial charge in [0.1, 0.15) is 12.7 Å². The van der Waals surface area contributed by atoms with Crippen LogP contribution in [0.2, 0.25) is 10.0 Å². The lowest BCUT2D eigenvalue weighted by molar-refractivity contribution is 0.0951. The first-order chi connectivity index (χ1) is 11.6. The van der Waals surface area contributed by atoms with E-state index >= 15 is 0 Å². The van der Waals surface area contributed by atoms with Gasteiger partial charge in [-0.1, -0.05) is 47.5 Å². The van der Waals surface area contributed by atoms with Crippen molar-refractivity contribution in [3.63, 3.8) is 0 Å². The maximum absolute atomic E-state index is 12.2.